The molecule has 0 saturated heterocycles. The standard InChI is InChI=1S/C28H34FN5/c1-17(2)33(5)15-22-12-23-19(4)10-24(25(29)26(23)31-22)20-8-7-9-21(11-20)28(13-18(3)14-28)27-32-30-16-34(27)6/h7-12,16-18,31H,13-15H2,1-6H3. The van der Waals surface area contributed by atoms with Crippen LogP contribution >= 0.6 is 0 Å². The number of H-pyrrole nitrogens is 1. The molecule has 1 fully saturated rings. The third-order valence-corrected chi connectivity index (χ3v) is 7.68. The molecule has 4 aromatic rings. The van der Waals surface area contributed by atoms with Gasteiger partial charge in [0.15, 0.2) is 5.82 Å². The van der Waals surface area contributed by atoms with Crippen LogP contribution in [0.1, 0.15) is 56.3 Å². The highest BCUT2D eigenvalue weighted by Crippen LogP contribution is 2.52. The Balaban J connectivity index is 1.58. The second-order valence-electron chi connectivity index (χ2n) is 10.6. The summed E-state index contributed by atoms with van der Waals surface area (Å²) < 4.78 is 17.9. The molecule has 2 aromatic carbocycles. The molecular weight excluding hydrogens is 425 g/mol. The average molecular weight is 460 g/mol. The molecule has 34 heavy (non-hydrogen) atoms. The number of rotatable bonds is 6. The monoisotopic (exact) mass is 459 g/mol. The lowest BCUT2D eigenvalue weighted by molar-refractivity contribution is 0.185. The Labute approximate surface area is 201 Å². The Morgan fingerprint density at radius 2 is 2.00 bits per heavy atom. The van der Waals surface area contributed by atoms with Crippen LogP contribution in [0.3, 0.4) is 0 Å². The molecule has 1 N–H and O–H groups in total. The van der Waals surface area contributed by atoms with Gasteiger partial charge < -0.3 is 9.55 Å². The Morgan fingerprint density at radius 3 is 2.65 bits per heavy atom. The van der Waals surface area contributed by atoms with E-state index in [9.17, 15) is 0 Å². The first-order valence-corrected chi connectivity index (χ1v) is 12.2. The second-order valence-corrected chi connectivity index (χ2v) is 10.6. The lowest BCUT2D eigenvalue weighted by Gasteiger charge is -2.46. The van der Waals surface area contributed by atoms with Gasteiger partial charge in [0.1, 0.15) is 12.2 Å². The van der Waals surface area contributed by atoms with Crippen LogP contribution in [0.5, 0.6) is 0 Å². The van der Waals surface area contributed by atoms with Gasteiger partial charge in [0.05, 0.1) is 10.9 Å². The van der Waals surface area contributed by atoms with Crippen molar-refractivity contribution in [1.82, 2.24) is 24.6 Å². The highest BCUT2D eigenvalue weighted by molar-refractivity contribution is 5.89. The van der Waals surface area contributed by atoms with Gasteiger partial charge in [0.2, 0.25) is 0 Å². The maximum absolute atomic E-state index is 15.9. The van der Waals surface area contributed by atoms with Crippen molar-refractivity contribution in [2.45, 2.75) is 58.5 Å². The molecule has 2 heterocycles. The van der Waals surface area contributed by atoms with Crippen LogP contribution in [0.4, 0.5) is 4.39 Å². The molecule has 1 aliphatic rings. The number of nitrogens with one attached hydrogen (secondary N) is 1. The zero-order chi connectivity index (χ0) is 24.2. The van der Waals surface area contributed by atoms with Crippen molar-refractivity contribution in [1.29, 1.82) is 0 Å². The smallest absolute Gasteiger partial charge is 0.155 e. The lowest BCUT2D eigenvalue weighted by Crippen LogP contribution is -2.43. The summed E-state index contributed by atoms with van der Waals surface area (Å²) in [5, 5.41) is 9.56. The van der Waals surface area contributed by atoms with Gasteiger partial charge in [-0.1, -0.05) is 31.2 Å². The zero-order valence-corrected chi connectivity index (χ0v) is 21.0. The molecule has 0 atom stereocenters. The first kappa shape index (κ1) is 22.8. The maximum atomic E-state index is 15.9. The zero-order valence-electron chi connectivity index (χ0n) is 21.0. The molecule has 6 heteroatoms. The van der Waals surface area contributed by atoms with Crippen LogP contribution in [-0.4, -0.2) is 37.7 Å². The third-order valence-electron chi connectivity index (χ3n) is 7.68. The summed E-state index contributed by atoms with van der Waals surface area (Å²) >= 11 is 0. The van der Waals surface area contributed by atoms with Gasteiger partial charge in [-0.25, -0.2) is 4.39 Å². The fourth-order valence-corrected chi connectivity index (χ4v) is 5.61. The van der Waals surface area contributed by atoms with E-state index in [0.29, 0.717) is 23.0 Å². The maximum Gasteiger partial charge on any atom is 0.155 e. The molecule has 1 aliphatic carbocycles. The van der Waals surface area contributed by atoms with E-state index in [4.69, 9.17) is 0 Å². The van der Waals surface area contributed by atoms with E-state index in [2.05, 4.69) is 73.0 Å². The molecule has 0 spiro atoms. The van der Waals surface area contributed by atoms with Crippen molar-refractivity contribution in [2.75, 3.05) is 7.05 Å². The third kappa shape index (κ3) is 3.65. The molecule has 5 rings (SSSR count). The summed E-state index contributed by atoms with van der Waals surface area (Å²) in [6, 6.07) is 12.9. The van der Waals surface area contributed by atoms with E-state index in [-0.39, 0.29) is 11.2 Å². The molecule has 5 nitrogen and oxygen atoms in total. The van der Waals surface area contributed by atoms with E-state index in [0.717, 1.165) is 47.4 Å². The fraction of sp³-hybridized carbons (Fsp3) is 0.429. The van der Waals surface area contributed by atoms with Crippen molar-refractivity contribution in [3.8, 4) is 11.1 Å². The number of nitrogens with zero attached hydrogens (tertiary/aromatic N) is 4. The van der Waals surface area contributed by atoms with Gasteiger partial charge in [0, 0.05) is 36.3 Å². The molecule has 0 amide bonds. The first-order chi connectivity index (χ1) is 16.2. The van der Waals surface area contributed by atoms with Crippen LogP contribution < -0.4 is 0 Å². The highest BCUT2D eigenvalue weighted by Gasteiger charge is 2.48. The normalized spacial score (nSPS) is 20.4. The van der Waals surface area contributed by atoms with Crippen molar-refractivity contribution in [3.63, 3.8) is 0 Å². The van der Waals surface area contributed by atoms with Crippen molar-refractivity contribution in [3.05, 3.63) is 71.2 Å². The van der Waals surface area contributed by atoms with Gasteiger partial charge in [-0.2, -0.15) is 0 Å². The second kappa shape index (κ2) is 8.35. The van der Waals surface area contributed by atoms with Gasteiger partial charge in [-0.3, -0.25) is 4.90 Å². The minimum Gasteiger partial charge on any atom is -0.355 e. The SMILES string of the molecule is Cc1cc(-c2cccc(C3(c4nncn4C)CC(C)C3)c2)c(F)c2[nH]c(CN(C)C(C)C)cc12. The quantitative estimate of drug-likeness (QED) is 0.387. The first-order valence-electron chi connectivity index (χ1n) is 12.2. The minimum absolute atomic E-state index is 0.169. The molecule has 178 valence electrons. The van der Waals surface area contributed by atoms with Crippen molar-refractivity contribution >= 4 is 10.9 Å². The number of benzene rings is 2. The molecule has 2 aromatic heterocycles. The summed E-state index contributed by atoms with van der Waals surface area (Å²) in [6.07, 6.45) is 3.81. The molecule has 0 bridgehead atoms. The Kier molecular flexibility index (Phi) is 5.59. The van der Waals surface area contributed by atoms with Crippen molar-refractivity contribution < 1.29 is 4.39 Å². The molecule has 1 saturated carbocycles. The molecule has 0 radical (unpaired) electrons. The van der Waals surface area contributed by atoms with E-state index in [1.807, 2.05) is 29.8 Å². The average Bonchev–Trinajstić information content (AvgIpc) is 3.40. The van der Waals surface area contributed by atoms with Crippen LogP contribution in [0.2, 0.25) is 0 Å². The minimum atomic E-state index is -0.189. The van der Waals surface area contributed by atoms with Gasteiger partial charge in [-0.05, 0) is 75.4 Å². The van der Waals surface area contributed by atoms with Crippen LogP contribution in [0, 0.1) is 18.7 Å². The van der Waals surface area contributed by atoms with Crippen molar-refractivity contribution in [2.24, 2.45) is 13.0 Å². The topological polar surface area (TPSA) is 49.7 Å². The number of aryl methyl sites for hydroxylation is 2. The number of aromatic amines is 1. The summed E-state index contributed by atoms with van der Waals surface area (Å²) in [7, 11) is 4.09. The Morgan fingerprint density at radius 1 is 1.24 bits per heavy atom. The Hall–Kier alpha value is -2.99. The fourth-order valence-electron chi connectivity index (χ4n) is 5.61. The lowest BCUT2D eigenvalue weighted by atomic mass is 9.58. The number of halogens is 1. The van der Waals surface area contributed by atoms with Crippen LogP contribution in [0.15, 0.2) is 42.7 Å². The number of hydrogen-bond acceptors (Lipinski definition) is 3. The molecule has 0 unspecified atom stereocenters. The van der Waals surface area contributed by atoms with Gasteiger partial charge in [-0.15, -0.1) is 10.2 Å². The molecular formula is C28H34FN5. The summed E-state index contributed by atoms with van der Waals surface area (Å²) in [5.74, 6) is 1.42. The van der Waals surface area contributed by atoms with Gasteiger partial charge >= 0.3 is 0 Å². The highest BCUT2D eigenvalue weighted by atomic mass is 19.1. The van der Waals surface area contributed by atoms with E-state index in [1.54, 1.807) is 6.33 Å². The van der Waals surface area contributed by atoms with E-state index >= 15 is 4.39 Å². The van der Waals surface area contributed by atoms with E-state index in [1.165, 1.54) is 5.56 Å². The largest absolute Gasteiger partial charge is 0.355 e. The predicted molar refractivity (Wildman–Crippen MR) is 135 cm³/mol. The van der Waals surface area contributed by atoms with Crippen LogP contribution in [-0.2, 0) is 19.0 Å². The summed E-state index contributed by atoms with van der Waals surface area (Å²) in [5.41, 5.74) is 5.25. The summed E-state index contributed by atoms with van der Waals surface area (Å²) in [4.78, 5) is 5.61. The predicted octanol–water partition coefficient (Wildman–Crippen LogP) is 5.97. The van der Waals surface area contributed by atoms with E-state index < -0.39 is 0 Å². The number of hydrogen-bond donors (Lipinski definition) is 1. The Bertz CT molecular complexity index is 1340. The number of fused-ring (bicyclic) bond motifs is 1. The number of aromatic nitrogens is 4. The van der Waals surface area contributed by atoms with Crippen LogP contribution in [0.25, 0.3) is 22.0 Å². The van der Waals surface area contributed by atoms with Gasteiger partial charge in [0.25, 0.3) is 0 Å². The molecule has 0 aliphatic heterocycles. The summed E-state index contributed by atoms with van der Waals surface area (Å²) in [6.45, 7) is 9.42.